The molecule has 14 heavy (non-hydrogen) atoms. The van der Waals surface area contributed by atoms with E-state index in [1.165, 1.54) is 37.8 Å². The average molecular weight is 197 g/mol. The molecule has 0 saturated heterocycles. The zero-order valence-corrected chi connectivity index (χ0v) is 10.4. The van der Waals surface area contributed by atoms with Gasteiger partial charge in [0.05, 0.1) is 0 Å². The number of allylic oxidation sites excluding steroid dienone is 1. The van der Waals surface area contributed by atoms with Crippen LogP contribution in [-0.4, -0.2) is 13.1 Å². The van der Waals surface area contributed by atoms with Crippen molar-refractivity contribution < 1.29 is 0 Å². The second kappa shape index (κ2) is 9.26. The van der Waals surface area contributed by atoms with Crippen LogP contribution in [0.2, 0.25) is 0 Å². The van der Waals surface area contributed by atoms with Crippen LogP contribution >= 0.6 is 0 Å². The maximum atomic E-state index is 3.50. The maximum absolute atomic E-state index is 3.50. The lowest BCUT2D eigenvalue weighted by molar-refractivity contribution is 0.428. The lowest BCUT2D eigenvalue weighted by Gasteiger charge is -2.14. The Labute approximate surface area is 90.0 Å². The van der Waals surface area contributed by atoms with Crippen molar-refractivity contribution in [3.8, 4) is 0 Å². The fraction of sp³-hybridized carbons (Fsp3) is 0.846. The second-order valence-electron chi connectivity index (χ2n) is 4.36. The molecule has 0 radical (unpaired) electrons. The highest BCUT2D eigenvalue weighted by atomic mass is 14.8. The highest BCUT2D eigenvalue weighted by Crippen LogP contribution is 2.10. The fourth-order valence-corrected chi connectivity index (χ4v) is 1.51. The molecule has 84 valence electrons. The number of rotatable bonds is 8. The van der Waals surface area contributed by atoms with Crippen LogP contribution in [0.1, 0.15) is 53.4 Å². The van der Waals surface area contributed by atoms with Crippen LogP contribution in [0.3, 0.4) is 0 Å². The van der Waals surface area contributed by atoms with E-state index in [-0.39, 0.29) is 0 Å². The Bertz CT molecular complexity index is 145. The van der Waals surface area contributed by atoms with Crippen molar-refractivity contribution in [3.05, 3.63) is 11.6 Å². The van der Waals surface area contributed by atoms with Crippen LogP contribution < -0.4 is 5.32 Å². The van der Waals surface area contributed by atoms with Gasteiger partial charge < -0.3 is 5.32 Å². The first-order valence-corrected chi connectivity index (χ1v) is 6.04. The molecule has 0 spiro atoms. The number of hydrogen-bond acceptors (Lipinski definition) is 1. The summed E-state index contributed by atoms with van der Waals surface area (Å²) in [5, 5.41) is 3.50. The van der Waals surface area contributed by atoms with Crippen molar-refractivity contribution in [1.29, 1.82) is 0 Å². The Morgan fingerprint density at radius 3 is 2.50 bits per heavy atom. The van der Waals surface area contributed by atoms with E-state index in [0.29, 0.717) is 0 Å². The summed E-state index contributed by atoms with van der Waals surface area (Å²) < 4.78 is 0. The van der Waals surface area contributed by atoms with Gasteiger partial charge in [-0.3, -0.25) is 0 Å². The molecule has 1 nitrogen and oxygen atoms in total. The van der Waals surface area contributed by atoms with Gasteiger partial charge in [0.2, 0.25) is 0 Å². The SMILES string of the molecule is CCCCC(CC)CNCC=C(C)C. The predicted molar refractivity (Wildman–Crippen MR) is 65.6 cm³/mol. The van der Waals surface area contributed by atoms with E-state index < -0.39 is 0 Å². The Hall–Kier alpha value is -0.300. The second-order valence-corrected chi connectivity index (χ2v) is 4.36. The number of nitrogens with one attached hydrogen (secondary N) is 1. The van der Waals surface area contributed by atoms with Crippen LogP contribution in [0.15, 0.2) is 11.6 Å². The Morgan fingerprint density at radius 2 is 2.00 bits per heavy atom. The van der Waals surface area contributed by atoms with Gasteiger partial charge in [0.15, 0.2) is 0 Å². The number of hydrogen-bond donors (Lipinski definition) is 1. The van der Waals surface area contributed by atoms with Gasteiger partial charge in [0.1, 0.15) is 0 Å². The molecule has 1 unspecified atom stereocenters. The molecule has 0 aromatic heterocycles. The minimum Gasteiger partial charge on any atom is -0.313 e. The Balaban J connectivity index is 3.47. The molecule has 0 saturated carbocycles. The molecular formula is C13H27N. The van der Waals surface area contributed by atoms with Crippen molar-refractivity contribution in [2.24, 2.45) is 5.92 Å². The zero-order valence-electron chi connectivity index (χ0n) is 10.4. The van der Waals surface area contributed by atoms with Gasteiger partial charge in [0.25, 0.3) is 0 Å². The van der Waals surface area contributed by atoms with Crippen molar-refractivity contribution in [2.75, 3.05) is 13.1 Å². The van der Waals surface area contributed by atoms with Crippen LogP contribution in [0.25, 0.3) is 0 Å². The molecular weight excluding hydrogens is 170 g/mol. The quantitative estimate of drug-likeness (QED) is 0.461. The third kappa shape index (κ3) is 8.31. The largest absolute Gasteiger partial charge is 0.313 e. The standard InChI is InChI=1S/C13H27N/c1-5-7-8-13(6-2)11-14-10-9-12(3)4/h9,13-14H,5-8,10-11H2,1-4H3. The summed E-state index contributed by atoms with van der Waals surface area (Å²) in [4.78, 5) is 0. The van der Waals surface area contributed by atoms with Crippen molar-refractivity contribution >= 4 is 0 Å². The van der Waals surface area contributed by atoms with Crippen molar-refractivity contribution in [3.63, 3.8) is 0 Å². The summed E-state index contributed by atoms with van der Waals surface area (Å²) in [6, 6.07) is 0. The molecule has 0 heterocycles. The summed E-state index contributed by atoms with van der Waals surface area (Å²) in [6.45, 7) is 11.1. The first kappa shape index (κ1) is 13.7. The molecule has 0 amide bonds. The molecule has 1 atom stereocenters. The zero-order chi connectivity index (χ0) is 10.8. The molecule has 1 heteroatoms. The van der Waals surface area contributed by atoms with Gasteiger partial charge in [-0.2, -0.15) is 0 Å². The molecule has 0 fully saturated rings. The van der Waals surface area contributed by atoms with E-state index in [1.807, 2.05) is 0 Å². The third-order valence-corrected chi connectivity index (χ3v) is 2.63. The van der Waals surface area contributed by atoms with Gasteiger partial charge in [-0.1, -0.05) is 44.8 Å². The summed E-state index contributed by atoms with van der Waals surface area (Å²) >= 11 is 0. The molecule has 0 aromatic rings. The van der Waals surface area contributed by atoms with E-state index in [9.17, 15) is 0 Å². The van der Waals surface area contributed by atoms with E-state index in [2.05, 4.69) is 39.1 Å². The van der Waals surface area contributed by atoms with Gasteiger partial charge in [-0.05, 0) is 32.7 Å². The summed E-state index contributed by atoms with van der Waals surface area (Å²) in [5.74, 6) is 0.875. The Kier molecular flexibility index (Phi) is 9.06. The molecule has 0 bridgehead atoms. The third-order valence-electron chi connectivity index (χ3n) is 2.63. The lowest BCUT2D eigenvalue weighted by Crippen LogP contribution is -2.22. The maximum Gasteiger partial charge on any atom is 0.0137 e. The topological polar surface area (TPSA) is 12.0 Å². The normalized spacial score (nSPS) is 12.6. The van der Waals surface area contributed by atoms with E-state index in [4.69, 9.17) is 0 Å². The highest BCUT2D eigenvalue weighted by Gasteiger charge is 2.03. The van der Waals surface area contributed by atoms with Gasteiger partial charge >= 0.3 is 0 Å². The van der Waals surface area contributed by atoms with Gasteiger partial charge in [-0.25, -0.2) is 0 Å². The van der Waals surface area contributed by atoms with Crippen LogP contribution in [-0.2, 0) is 0 Å². The van der Waals surface area contributed by atoms with Gasteiger partial charge in [-0.15, -0.1) is 0 Å². The minimum absolute atomic E-state index is 0.875. The molecule has 0 aromatic carbocycles. The Morgan fingerprint density at radius 1 is 1.29 bits per heavy atom. The van der Waals surface area contributed by atoms with Crippen molar-refractivity contribution in [2.45, 2.75) is 53.4 Å². The van der Waals surface area contributed by atoms with E-state index >= 15 is 0 Å². The molecule has 0 aliphatic carbocycles. The minimum atomic E-state index is 0.875. The van der Waals surface area contributed by atoms with Crippen molar-refractivity contribution in [1.82, 2.24) is 5.32 Å². The lowest BCUT2D eigenvalue weighted by atomic mass is 9.99. The monoisotopic (exact) mass is 197 g/mol. The molecule has 0 rings (SSSR count). The van der Waals surface area contributed by atoms with Crippen LogP contribution in [0, 0.1) is 5.92 Å². The van der Waals surface area contributed by atoms with Crippen LogP contribution in [0.5, 0.6) is 0 Å². The average Bonchev–Trinajstić information content (AvgIpc) is 2.16. The first-order valence-electron chi connectivity index (χ1n) is 6.04. The predicted octanol–water partition coefficient (Wildman–Crippen LogP) is 3.76. The first-order chi connectivity index (χ1) is 6.70. The summed E-state index contributed by atoms with van der Waals surface area (Å²) in [7, 11) is 0. The summed E-state index contributed by atoms with van der Waals surface area (Å²) in [6.07, 6.45) is 7.65. The van der Waals surface area contributed by atoms with Gasteiger partial charge in [0, 0.05) is 6.54 Å². The van der Waals surface area contributed by atoms with Crippen LogP contribution in [0.4, 0.5) is 0 Å². The number of unbranched alkanes of at least 4 members (excludes halogenated alkanes) is 1. The molecule has 0 aliphatic rings. The highest BCUT2D eigenvalue weighted by molar-refractivity contribution is 4.94. The summed E-state index contributed by atoms with van der Waals surface area (Å²) in [5.41, 5.74) is 1.40. The molecule has 1 N–H and O–H groups in total. The fourth-order valence-electron chi connectivity index (χ4n) is 1.51. The molecule has 0 aliphatic heterocycles. The smallest absolute Gasteiger partial charge is 0.0137 e. The van der Waals surface area contributed by atoms with E-state index in [0.717, 1.165) is 12.5 Å². The van der Waals surface area contributed by atoms with E-state index in [1.54, 1.807) is 0 Å².